The van der Waals surface area contributed by atoms with Crippen LogP contribution in [0.4, 0.5) is 5.69 Å². The zero-order valence-electron chi connectivity index (χ0n) is 18.7. The second kappa shape index (κ2) is 8.22. The molecule has 172 valence electrons. The number of hydrogen-bond acceptors (Lipinski definition) is 7. The van der Waals surface area contributed by atoms with Crippen LogP contribution in [0.2, 0.25) is 0 Å². The lowest BCUT2D eigenvalue weighted by atomic mass is 10.0. The number of para-hydroxylation sites is 1. The molecule has 1 unspecified atom stereocenters. The summed E-state index contributed by atoms with van der Waals surface area (Å²) in [5, 5.41) is 13.9. The van der Waals surface area contributed by atoms with Crippen molar-refractivity contribution in [3.05, 3.63) is 70.5 Å². The molecule has 1 saturated heterocycles. The lowest BCUT2D eigenvalue weighted by Crippen LogP contribution is -2.54. The Kier molecular flexibility index (Phi) is 5.20. The molecule has 4 amide bonds. The van der Waals surface area contributed by atoms with Crippen molar-refractivity contribution in [1.29, 1.82) is 0 Å². The van der Waals surface area contributed by atoms with Crippen LogP contribution in [0.5, 0.6) is 0 Å². The molecule has 10 heteroatoms. The zero-order chi connectivity index (χ0) is 24.0. The van der Waals surface area contributed by atoms with E-state index in [1.807, 2.05) is 32.0 Å². The fourth-order valence-electron chi connectivity index (χ4n) is 4.46. The van der Waals surface area contributed by atoms with Gasteiger partial charge in [-0.05, 0) is 43.5 Å². The summed E-state index contributed by atoms with van der Waals surface area (Å²) in [6.45, 7) is 4.47. The van der Waals surface area contributed by atoms with Crippen molar-refractivity contribution in [3.63, 3.8) is 0 Å². The van der Waals surface area contributed by atoms with Gasteiger partial charge in [0.1, 0.15) is 11.7 Å². The van der Waals surface area contributed by atoms with Gasteiger partial charge < -0.3 is 5.32 Å². The van der Waals surface area contributed by atoms with Gasteiger partial charge in [0.2, 0.25) is 11.8 Å². The number of anilines is 1. The number of aromatic nitrogens is 3. The number of nitrogens with zero attached hydrogens (tertiary/aromatic N) is 4. The Bertz CT molecular complexity index is 1340. The topological polar surface area (TPSA) is 126 Å². The molecular weight excluding hydrogens is 436 g/mol. The van der Waals surface area contributed by atoms with Crippen LogP contribution in [0.25, 0.3) is 5.69 Å². The minimum atomic E-state index is -1.02. The van der Waals surface area contributed by atoms with E-state index >= 15 is 0 Å². The molecule has 2 aliphatic heterocycles. The molecule has 0 aliphatic carbocycles. The fraction of sp³-hybridized carbons (Fsp3) is 0.250. The molecule has 34 heavy (non-hydrogen) atoms. The van der Waals surface area contributed by atoms with Gasteiger partial charge in [0.25, 0.3) is 11.8 Å². The third-order valence-electron chi connectivity index (χ3n) is 6.16. The van der Waals surface area contributed by atoms with E-state index in [4.69, 9.17) is 0 Å². The molecule has 2 aliphatic rings. The highest BCUT2D eigenvalue weighted by atomic mass is 16.2. The SMILES string of the molecule is Cc1cccc(C)c1NCc1cn(-c2cccc3c2C(=O)N(C2CCC(=O)NC2=O)C3=O)nn1. The second-order valence-corrected chi connectivity index (χ2v) is 8.42. The number of carbonyl (C=O) groups is 4. The predicted octanol–water partition coefficient (Wildman–Crippen LogP) is 1.90. The van der Waals surface area contributed by atoms with E-state index in [1.165, 1.54) is 4.68 Å². The summed E-state index contributed by atoms with van der Waals surface area (Å²) >= 11 is 0. The molecule has 2 N–H and O–H groups in total. The number of amides is 4. The molecule has 0 saturated carbocycles. The number of carbonyl (C=O) groups excluding carboxylic acids is 4. The monoisotopic (exact) mass is 458 g/mol. The predicted molar refractivity (Wildman–Crippen MR) is 121 cm³/mol. The van der Waals surface area contributed by atoms with E-state index in [-0.39, 0.29) is 24.0 Å². The molecule has 10 nitrogen and oxygen atoms in total. The largest absolute Gasteiger partial charge is 0.379 e. The van der Waals surface area contributed by atoms with E-state index in [0.29, 0.717) is 17.9 Å². The molecule has 0 bridgehead atoms. The Morgan fingerprint density at radius 1 is 1.03 bits per heavy atom. The van der Waals surface area contributed by atoms with Crippen molar-refractivity contribution in [2.45, 2.75) is 39.3 Å². The molecular formula is C24H22N6O4. The van der Waals surface area contributed by atoms with Crippen LogP contribution in [0.3, 0.4) is 0 Å². The number of aryl methyl sites for hydroxylation is 2. The molecule has 5 rings (SSSR count). The first-order valence-corrected chi connectivity index (χ1v) is 10.9. The Morgan fingerprint density at radius 2 is 1.76 bits per heavy atom. The van der Waals surface area contributed by atoms with Crippen LogP contribution < -0.4 is 10.6 Å². The van der Waals surface area contributed by atoms with Gasteiger partial charge in [0.05, 0.1) is 29.6 Å². The highest BCUT2D eigenvalue weighted by Gasteiger charge is 2.45. The van der Waals surface area contributed by atoms with Crippen molar-refractivity contribution < 1.29 is 19.2 Å². The summed E-state index contributed by atoms with van der Waals surface area (Å²) in [4.78, 5) is 51.1. The Balaban J connectivity index is 1.41. The average molecular weight is 458 g/mol. The molecule has 1 atom stereocenters. The van der Waals surface area contributed by atoms with Gasteiger partial charge in [0.15, 0.2) is 0 Å². The minimum absolute atomic E-state index is 0.0659. The molecule has 0 spiro atoms. The summed E-state index contributed by atoms with van der Waals surface area (Å²) in [6, 6.07) is 9.90. The molecule has 3 heterocycles. The van der Waals surface area contributed by atoms with Crippen LogP contribution >= 0.6 is 0 Å². The van der Waals surface area contributed by atoms with Gasteiger partial charge in [0, 0.05) is 12.1 Å². The lowest BCUT2D eigenvalue weighted by Gasteiger charge is -2.27. The van der Waals surface area contributed by atoms with E-state index in [1.54, 1.807) is 24.4 Å². The van der Waals surface area contributed by atoms with Gasteiger partial charge in [-0.3, -0.25) is 29.4 Å². The molecule has 3 aromatic rings. The van der Waals surface area contributed by atoms with Crippen LogP contribution in [-0.2, 0) is 16.1 Å². The summed E-state index contributed by atoms with van der Waals surface area (Å²) < 4.78 is 1.46. The van der Waals surface area contributed by atoms with E-state index in [0.717, 1.165) is 21.7 Å². The van der Waals surface area contributed by atoms with E-state index in [2.05, 4.69) is 20.9 Å². The number of fused-ring (bicyclic) bond motifs is 1. The van der Waals surface area contributed by atoms with Gasteiger partial charge in [-0.2, -0.15) is 0 Å². The number of rotatable bonds is 5. The van der Waals surface area contributed by atoms with Gasteiger partial charge in [-0.15, -0.1) is 5.10 Å². The van der Waals surface area contributed by atoms with Gasteiger partial charge in [-0.25, -0.2) is 4.68 Å². The van der Waals surface area contributed by atoms with Crippen molar-refractivity contribution in [3.8, 4) is 5.69 Å². The number of hydrogen-bond donors (Lipinski definition) is 2. The first-order chi connectivity index (χ1) is 16.3. The molecule has 1 fully saturated rings. The summed E-state index contributed by atoms with van der Waals surface area (Å²) in [5.74, 6) is -2.21. The van der Waals surface area contributed by atoms with Crippen molar-refractivity contribution in [2.24, 2.45) is 0 Å². The van der Waals surface area contributed by atoms with Crippen molar-refractivity contribution in [1.82, 2.24) is 25.2 Å². The average Bonchev–Trinajstić information content (AvgIpc) is 3.37. The molecule has 0 radical (unpaired) electrons. The van der Waals surface area contributed by atoms with Crippen molar-refractivity contribution >= 4 is 29.3 Å². The number of nitrogens with one attached hydrogen (secondary N) is 2. The summed E-state index contributed by atoms with van der Waals surface area (Å²) in [6.07, 6.45) is 1.86. The summed E-state index contributed by atoms with van der Waals surface area (Å²) in [5.41, 5.74) is 4.67. The maximum atomic E-state index is 13.3. The highest BCUT2D eigenvalue weighted by Crippen LogP contribution is 2.31. The zero-order valence-corrected chi connectivity index (χ0v) is 18.7. The lowest BCUT2D eigenvalue weighted by molar-refractivity contribution is -0.136. The number of benzene rings is 2. The first kappa shape index (κ1) is 21.5. The maximum Gasteiger partial charge on any atom is 0.264 e. The van der Waals surface area contributed by atoms with Crippen LogP contribution in [0.1, 0.15) is 50.4 Å². The molecule has 2 aromatic carbocycles. The van der Waals surface area contributed by atoms with E-state index in [9.17, 15) is 19.2 Å². The minimum Gasteiger partial charge on any atom is -0.379 e. The van der Waals surface area contributed by atoms with Crippen LogP contribution in [-0.4, -0.2) is 49.6 Å². The quantitative estimate of drug-likeness (QED) is 0.559. The Labute approximate surface area is 194 Å². The maximum absolute atomic E-state index is 13.3. The Morgan fingerprint density at radius 3 is 2.50 bits per heavy atom. The van der Waals surface area contributed by atoms with Crippen LogP contribution in [0.15, 0.2) is 42.6 Å². The van der Waals surface area contributed by atoms with Gasteiger partial charge in [-0.1, -0.05) is 29.5 Å². The first-order valence-electron chi connectivity index (χ1n) is 10.9. The third-order valence-corrected chi connectivity index (χ3v) is 6.16. The van der Waals surface area contributed by atoms with Crippen LogP contribution in [0, 0.1) is 13.8 Å². The smallest absolute Gasteiger partial charge is 0.264 e. The van der Waals surface area contributed by atoms with Gasteiger partial charge >= 0.3 is 0 Å². The highest BCUT2D eigenvalue weighted by molar-refractivity contribution is 6.24. The standard InChI is InChI=1S/C24H22N6O4/c1-13-5-3-6-14(2)21(13)25-11-15-12-29(28-27-15)17-8-4-7-16-20(17)24(34)30(23(16)33)18-9-10-19(31)26-22(18)32/h3-8,12,18,25H,9-11H2,1-2H3,(H,26,31,32). The second-order valence-electron chi connectivity index (χ2n) is 8.42. The number of piperidine rings is 1. The van der Waals surface area contributed by atoms with E-state index < -0.39 is 29.7 Å². The number of imide groups is 2. The third kappa shape index (κ3) is 3.53. The Hall–Kier alpha value is -4.34. The normalized spacial score (nSPS) is 17.7. The fourth-order valence-corrected chi connectivity index (χ4v) is 4.46. The van der Waals surface area contributed by atoms with Crippen molar-refractivity contribution in [2.75, 3.05) is 5.32 Å². The summed E-state index contributed by atoms with van der Waals surface area (Å²) in [7, 11) is 0. The molecule has 1 aromatic heterocycles.